The van der Waals surface area contributed by atoms with Crippen LogP contribution in [0.2, 0.25) is 0 Å². The van der Waals surface area contributed by atoms with Gasteiger partial charge in [-0.15, -0.1) is 0 Å². The van der Waals surface area contributed by atoms with Crippen molar-refractivity contribution in [3.05, 3.63) is 41.7 Å². The standard InChI is InChI=1S/C20H27NO4S/c1-3-10-21-11-4-5-16-13-20(22)17(12-19(16)21)14-25-26(23,24)18-8-6-15(2)7-9-18/h6-9,14,16,19H,3-5,10-13H2,1-2H3/b17-14-. The van der Waals surface area contributed by atoms with Crippen LogP contribution >= 0.6 is 0 Å². The molecular weight excluding hydrogens is 350 g/mol. The molecule has 0 aromatic heterocycles. The third-order valence-electron chi connectivity index (χ3n) is 5.41. The van der Waals surface area contributed by atoms with Crippen LogP contribution in [0.4, 0.5) is 0 Å². The van der Waals surface area contributed by atoms with Crippen LogP contribution in [0.25, 0.3) is 0 Å². The Morgan fingerprint density at radius 1 is 1.23 bits per heavy atom. The van der Waals surface area contributed by atoms with Gasteiger partial charge < -0.3 is 4.18 Å². The van der Waals surface area contributed by atoms with Gasteiger partial charge in [0.2, 0.25) is 0 Å². The summed E-state index contributed by atoms with van der Waals surface area (Å²) in [5.41, 5.74) is 1.47. The van der Waals surface area contributed by atoms with Crippen molar-refractivity contribution in [2.45, 2.75) is 56.9 Å². The lowest BCUT2D eigenvalue weighted by molar-refractivity contribution is -0.119. The van der Waals surface area contributed by atoms with Gasteiger partial charge in [0.15, 0.2) is 5.78 Å². The van der Waals surface area contributed by atoms with Crippen LogP contribution in [0.3, 0.4) is 0 Å². The number of carbonyl (C=O) groups is 1. The van der Waals surface area contributed by atoms with E-state index in [1.807, 2.05) is 6.92 Å². The van der Waals surface area contributed by atoms with Crippen molar-refractivity contribution in [1.29, 1.82) is 0 Å². The zero-order chi connectivity index (χ0) is 18.7. The van der Waals surface area contributed by atoms with Crippen LogP contribution in [0.15, 0.2) is 41.0 Å². The van der Waals surface area contributed by atoms with Gasteiger partial charge in [0.1, 0.15) is 11.2 Å². The summed E-state index contributed by atoms with van der Waals surface area (Å²) in [6.45, 7) is 6.12. The van der Waals surface area contributed by atoms with Gasteiger partial charge in [0.25, 0.3) is 0 Å². The van der Waals surface area contributed by atoms with E-state index in [0.717, 1.165) is 37.9 Å². The topological polar surface area (TPSA) is 63.7 Å². The molecule has 1 aromatic rings. The molecule has 5 nitrogen and oxygen atoms in total. The Kier molecular flexibility index (Phi) is 5.82. The van der Waals surface area contributed by atoms with Crippen LogP contribution < -0.4 is 0 Å². The maximum Gasteiger partial charge on any atom is 0.338 e. The minimum absolute atomic E-state index is 0.0173. The molecule has 6 heteroatoms. The fourth-order valence-electron chi connectivity index (χ4n) is 4.02. The van der Waals surface area contributed by atoms with E-state index in [9.17, 15) is 13.2 Å². The molecule has 142 valence electrons. The lowest BCUT2D eigenvalue weighted by atomic mass is 9.76. The highest BCUT2D eigenvalue weighted by molar-refractivity contribution is 7.86. The van der Waals surface area contributed by atoms with Crippen molar-refractivity contribution in [2.24, 2.45) is 5.92 Å². The summed E-state index contributed by atoms with van der Waals surface area (Å²) in [7, 11) is -3.90. The van der Waals surface area contributed by atoms with Crippen LogP contribution in [-0.2, 0) is 19.1 Å². The van der Waals surface area contributed by atoms with Crippen LogP contribution in [0.5, 0.6) is 0 Å². The molecule has 2 aliphatic rings. The first-order chi connectivity index (χ1) is 12.4. The number of hydrogen-bond acceptors (Lipinski definition) is 5. The number of fused-ring (bicyclic) bond motifs is 1. The SMILES string of the molecule is CCCN1CCCC2CC(=O)/C(=C\OS(=O)(=O)c3ccc(C)cc3)CC21. The Labute approximate surface area is 156 Å². The van der Waals surface area contributed by atoms with Crippen LogP contribution in [-0.4, -0.2) is 38.2 Å². The summed E-state index contributed by atoms with van der Waals surface area (Å²) in [6.07, 6.45) is 5.52. The van der Waals surface area contributed by atoms with Gasteiger partial charge in [-0.25, -0.2) is 0 Å². The number of likely N-dealkylation sites (tertiary alicyclic amines) is 1. The normalized spacial score (nSPS) is 25.9. The fourth-order valence-corrected chi connectivity index (χ4v) is 4.84. The molecule has 1 aliphatic carbocycles. The molecule has 0 radical (unpaired) electrons. The number of aryl methyl sites for hydroxylation is 1. The fraction of sp³-hybridized carbons (Fsp3) is 0.550. The van der Waals surface area contributed by atoms with E-state index in [2.05, 4.69) is 11.8 Å². The minimum atomic E-state index is -3.90. The molecule has 26 heavy (non-hydrogen) atoms. The third kappa shape index (κ3) is 4.18. The number of nitrogens with zero attached hydrogens (tertiary/aromatic N) is 1. The molecule has 1 aromatic carbocycles. The zero-order valence-corrected chi connectivity index (χ0v) is 16.3. The van der Waals surface area contributed by atoms with Crippen LogP contribution in [0, 0.1) is 12.8 Å². The van der Waals surface area contributed by atoms with Crippen molar-refractivity contribution < 1.29 is 17.4 Å². The first-order valence-corrected chi connectivity index (χ1v) is 10.8. The number of benzene rings is 1. The second-order valence-corrected chi connectivity index (χ2v) is 8.92. The summed E-state index contributed by atoms with van der Waals surface area (Å²) >= 11 is 0. The number of Topliss-reactive ketones (excluding diaryl/α,β-unsaturated/α-hetero) is 1. The summed E-state index contributed by atoms with van der Waals surface area (Å²) in [5, 5.41) is 0. The molecular formula is C20H27NO4S. The Balaban J connectivity index is 1.75. The molecule has 0 N–H and O–H groups in total. The largest absolute Gasteiger partial charge is 0.387 e. The van der Waals surface area contributed by atoms with E-state index in [-0.39, 0.29) is 10.7 Å². The summed E-state index contributed by atoms with van der Waals surface area (Å²) in [6, 6.07) is 6.81. The molecule has 0 bridgehead atoms. The highest BCUT2D eigenvalue weighted by atomic mass is 32.2. The van der Waals surface area contributed by atoms with Crippen LogP contribution in [0.1, 0.15) is 44.6 Å². The quantitative estimate of drug-likeness (QED) is 0.447. The Bertz CT molecular complexity index is 781. The highest BCUT2D eigenvalue weighted by Crippen LogP contribution is 2.36. The smallest absolute Gasteiger partial charge is 0.338 e. The molecule has 1 saturated carbocycles. The second-order valence-electron chi connectivity index (χ2n) is 7.34. The Morgan fingerprint density at radius 2 is 1.96 bits per heavy atom. The van der Waals surface area contributed by atoms with Gasteiger partial charge in [-0.05, 0) is 63.7 Å². The monoisotopic (exact) mass is 377 g/mol. The predicted octanol–water partition coefficient (Wildman–Crippen LogP) is 3.44. The Hall–Kier alpha value is -1.66. The van der Waals surface area contributed by atoms with Gasteiger partial charge in [0.05, 0.1) is 0 Å². The van der Waals surface area contributed by atoms with Gasteiger partial charge >= 0.3 is 10.1 Å². The van der Waals surface area contributed by atoms with Crippen molar-refractivity contribution in [3.8, 4) is 0 Å². The number of ketones is 1. The van der Waals surface area contributed by atoms with E-state index >= 15 is 0 Å². The summed E-state index contributed by atoms with van der Waals surface area (Å²) in [4.78, 5) is 15.0. The lowest BCUT2D eigenvalue weighted by Gasteiger charge is -2.44. The number of carbonyl (C=O) groups excluding carboxylic acids is 1. The molecule has 1 aliphatic heterocycles. The molecule has 0 spiro atoms. The zero-order valence-electron chi connectivity index (χ0n) is 15.5. The average Bonchev–Trinajstić information content (AvgIpc) is 2.61. The maximum atomic E-state index is 12.5. The predicted molar refractivity (Wildman–Crippen MR) is 100 cm³/mol. The molecule has 2 unspecified atom stereocenters. The minimum Gasteiger partial charge on any atom is -0.387 e. The van der Waals surface area contributed by atoms with E-state index in [0.29, 0.717) is 30.4 Å². The first-order valence-electron chi connectivity index (χ1n) is 9.37. The van der Waals surface area contributed by atoms with Gasteiger partial charge in [-0.1, -0.05) is 24.6 Å². The van der Waals surface area contributed by atoms with Crippen molar-refractivity contribution >= 4 is 15.9 Å². The molecule has 1 heterocycles. The van der Waals surface area contributed by atoms with Gasteiger partial charge in [-0.2, -0.15) is 8.42 Å². The van der Waals surface area contributed by atoms with E-state index in [1.54, 1.807) is 12.1 Å². The lowest BCUT2D eigenvalue weighted by Crippen LogP contribution is -2.49. The molecule has 3 rings (SSSR count). The van der Waals surface area contributed by atoms with Crippen molar-refractivity contribution in [3.63, 3.8) is 0 Å². The Morgan fingerprint density at radius 3 is 2.65 bits per heavy atom. The summed E-state index contributed by atoms with van der Waals surface area (Å²) in [5.74, 6) is 0.400. The van der Waals surface area contributed by atoms with Crippen molar-refractivity contribution in [2.75, 3.05) is 13.1 Å². The number of hydrogen-bond donors (Lipinski definition) is 0. The molecule has 0 amide bonds. The van der Waals surface area contributed by atoms with E-state index in [1.165, 1.54) is 18.4 Å². The highest BCUT2D eigenvalue weighted by Gasteiger charge is 2.38. The molecule has 1 saturated heterocycles. The van der Waals surface area contributed by atoms with Gasteiger partial charge in [-0.3, -0.25) is 9.69 Å². The second kappa shape index (κ2) is 7.92. The number of piperidine rings is 1. The third-order valence-corrected chi connectivity index (χ3v) is 6.60. The van der Waals surface area contributed by atoms with Crippen molar-refractivity contribution in [1.82, 2.24) is 4.90 Å². The van der Waals surface area contributed by atoms with Gasteiger partial charge in [0, 0.05) is 18.0 Å². The molecule has 2 atom stereocenters. The van der Waals surface area contributed by atoms with E-state index < -0.39 is 10.1 Å². The van der Waals surface area contributed by atoms with E-state index in [4.69, 9.17) is 4.18 Å². The average molecular weight is 378 g/mol. The first kappa shape index (κ1) is 19.1. The summed E-state index contributed by atoms with van der Waals surface area (Å²) < 4.78 is 29.8. The number of rotatable bonds is 5. The maximum absolute atomic E-state index is 12.5. The molecule has 2 fully saturated rings.